The van der Waals surface area contributed by atoms with Crippen molar-refractivity contribution in [1.29, 1.82) is 0 Å². The van der Waals surface area contributed by atoms with Crippen molar-refractivity contribution in [2.45, 2.75) is 13.2 Å². The Morgan fingerprint density at radius 2 is 1.27 bits per heavy atom. The van der Waals surface area contributed by atoms with Gasteiger partial charge in [0.25, 0.3) is 0 Å². The summed E-state index contributed by atoms with van der Waals surface area (Å²) in [6.07, 6.45) is 3.90. The van der Waals surface area contributed by atoms with Crippen molar-refractivity contribution < 1.29 is 9.47 Å². The molecular weight excluding hydrogens is 322 g/mol. The molecule has 0 aliphatic carbocycles. The van der Waals surface area contributed by atoms with E-state index in [-0.39, 0.29) is 0 Å². The Morgan fingerprint density at radius 3 is 1.85 bits per heavy atom. The smallest absolute Gasteiger partial charge is 0.162 e. The van der Waals surface area contributed by atoms with Gasteiger partial charge >= 0.3 is 0 Å². The molecular formula is C23H23NO2. The molecule has 0 aromatic heterocycles. The van der Waals surface area contributed by atoms with E-state index in [4.69, 9.17) is 15.2 Å². The lowest BCUT2D eigenvalue weighted by Crippen LogP contribution is -2.01. The molecule has 132 valence electrons. The van der Waals surface area contributed by atoms with Crippen molar-refractivity contribution in [3.8, 4) is 11.5 Å². The topological polar surface area (TPSA) is 44.5 Å². The number of hydrogen-bond donors (Lipinski definition) is 1. The van der Waals surface area contributed by atoms with Gasteiger partial charge in [-0.1, -0.05) is 78.9 Å². The highest BCUT2D eigenvalue weighted by molar-refractivity contribution is 5.56. The fraction of sp³-hybridized carbons (Fsp3) is 0.130. The molecule has 0 bridgehead atoms. The van der Waals surface area contributed by atoms with Crippen LogP contribution in [0.4, 0.5) is 0 Å². The van der Waals surface area contributed by atoms with E-state index in [1.165, 1.54) is 0 Å². The Bertz CT molecular complexity index is 829. The first-order chi connectivity index (χ1) is 12.8. The lowest BCUT2D eigenvalue weighted by Gasteiger charge is -2.14. The fourth-order valence-corrected chi connectivity index (χ4v) is 2.54. The summed E-state index contributed by atoms with van der Waals surface area (Å²) in [5.41, 5.74) is 8.82. The number of benzene rings is 3. The van der Waals surface area contributed by atoms with Crippen molar-refractivity contribution >= 4 is 6.08 Å². The zero-order chi connectivity index (χ0) is 18.0. The fourth-order valence-electron chi connectivity index (χ4n) is 2.54. The van der Waals surface area contributed by atoms with Crippen molar-refractivity contribution in [2.75, 3.05) is 6.54 Å². The molecule has 0 aliphatic heterocycles. The highest BCUT2D eigenvalue weighted by Crippen LogP contribution is 2.30. The number of nitrogens with two attached hydrogens (primary N) is 1. The summed E-state index contributed by atoms with van der Waals surface area (Å²) in [6, 6.07) is 26.1. The summed E-state index contributed by atoms with van der Waals surface area (Å²) >= 11 is 0. The zero-order valence-corrected chi connectivity index (χ0v) is 14.7. The first-order valence-corrected chi connectivity index (χ1v) is 8.69. The van der Waals surface area contributed by atoms with E-state index in [0.29, 0.717) is 19.8 Å². The molecule has 26 heavy (non-hydrogen) atoms. The minimum atomic E-state index is 0.493. The van der Waals surface area contributed by atoms with Crippen LogP contribution in [0.2, 0.25) is 0 Å². The summed E-state index contributed by atoms with van der Waals surface area (Å²) < 4.78 is 12.0. The van der Waals surface area contributed by atoms with Crippen molar-refractivity contribution in [1.82, 2.24) is 0 Å². The summed E-state index contributed by atoms with van der Waals surface area (Å²) in [5, 5.41) is 0. The molecule has 2 N–H and O–H groups in total. The van der Waals surface area contributed by atoms with Crippen LogP contribution >= 0.6 is 0 Å². The average molecular weight is 345 g/mol. The maximum absolute atomic E-state index is 6.04. The monoisotopic (exact) mass is 345 g/mol. The molecule has 0 unspecified atom stereocenters. The van der Waals surface area contributed by atoms with Crippen LogP contribution < -0.4 is 15.2 Å². The summed E-state index contributed by atoms with van der Waals surface area (Å²) in [5.74, 6) is 1.46. The van der Waals surface area contributed by atoms with Gasteiger partial charge in [0.2, 0.25) is 0 Å². The normalized spacial score (nSPS) is 10.8. The van der Waals surface area contributed by atoms with Crippen LogP contribution in [0.5, 0.6) is 11.5 Å². The lowest BCUT2D eigenvalue weighted by atomic mass is 10.2. The second-order valence-electron chi connectivity index (χ2n) is 5.89. The van der Waals surface area contributed by atoms with Crippen LogP contribution in [-0.4, -0.2) is 6.54 Å². The average Bonchev–Trinajstić information content (AvgIpc) is 2.71. The molecule has 0 saturated heterocycles. The number of hydrogen-bond acceptors (Lipinski definition) is 3. The van der Waals surface area contributed by atoms with E-state index < -0.39 is 0 Å². The van der Waals surface area contributed by atoms with Crippen LogP contribution in [0.25, 0.3) is 6.08 Å². The molecule has 0 fully saturated rings. The van der Waals surface area contributed by atoms with E-state index in [1.54, 1.807) is 0 Å². The third-order valence-corrected chi connectivity index (χ3v) is 3.89. The zero-order valence-electron chi connectivity index (χ0n) is 14.7. The van der Waals surface area contributed by atoms with Gasteiger partial charge in [-0.05, 0) is 28.8 Å². The molecule has 0 atom stereocenters. The molecule has 0 saturated carbocycles. The lowest BCUT2D eigenvalue weighted by molar-refractivity contribution is 0.256. The van der Waals surface area contributed by atoms with Crippen LogP contribution in [-0.2, 0) is 13.2 Å². The van der Waals surface area contributed by atoms with E-state index in [9.17, 15) is 0 Å². The Hall–Kier alpha value is -3.04. The predicted octanol–water partition coefficient (Wildman–Crippen LogP) is 4.82. The highest BCUT2D eigenvalue weighted by atomic mass is 16.5. The van der Waals surface area contributed by atoms with Crippen LogP contribution in [0.1, 0.15) is 16.7 Å². The predicted molar refractivity (Wildman–Crippen MR) is 106 cm³/mol. The van der Waals surface area contributed by atoms with Gasteiger partial charge in [0.05, 0.1) is 0 Å². The largest absolute Gasteiger partial charge is 0.485 e. The molecule has 0 heterocycles. The van der Waals surface area contributed by atoms with E-state index in [1.807, 2.05) is 91.0 Å². The number of rotatable bonds is 8. The maximum Gasteiger partial charge on any atom is 0.162 e. The second-order valence-corrected chi connectivity index (χ2v) is 5.89. The Labute approximate surface area is 154 Å². The molecule has 0 radical (unpaired) electrons. The second kappa shape index (κ2) is 9.44. The van der Waals surface area contributed by atoms with Crippen molar-refractivity contribution in [3.63, 3.8) is 0 Å². The Kier molecular flexibility index (Phi) is 6.46. The quantitative estimate of drug-likeness (QED) is 0.637. The maximum atomic E-state index is 6.04. The SMILES string of the molecule is NC/C=C/c1ccc(OCc2ccccc2)c(OCc2ccccc2)c1. The molecule has 3 aromatic rings. The highest BCUT2D eigenvalue weighted by Gasteiger charge is 2.07. The van der Waals surface area contributed by atoms with Gasteiger partial charge < -0.3 is 15.2 Å². The molecule has 3 aromatic carbocycles. The minimum Gasteiger partial charge on any atom is -0.485 e. The summed E-state index contributed by atoms with van der Waals surface area (Å²) in [4.78, 5) is 0. The van der Waals surface area contributed by atoms with Crippen molar-refractivity contribution in [2.24, 2.45) is 5.73 Å². The Balaban J connectivity index is 1.76. The van der Waals surface area contributed by atoms with Gasteiger partial charge in [0.15, 0.2) is 11.5 Å². The minimum absolute atomic E-state index is 0.493. The molecule has 3 nitrogen and oxygen atoms in total. The van der Waals surface area contributed by atoms with Gasteiger partial charge in [-0.25, -0.2) is 0 Å². The summed E-state index contributed by atoms with van der Waals surface area (Å²) in [6.45, 7) is 1.50. The summed E-state index contributed by atoms with van der Waals surface area (Å²) in [7, 11) is 0. The first kappa shape index (κ1) is 17.8. The Morgan fingerprint density at radius 1 is 0.692 bits per heavy atom. The van der Waals surface area contributed by atoms with Crippen LogP contribution in [0.15, 0.2) is 84.9 Å². The van der Waals surface area contributed by atoms with Crippen LogP contribution in [0.3, 0.4) is 0 Å². The third kappa shape index (κ3) is 5.23. The van der Waals surface area contributed by atoms with Gasteiger partial charge in [0.1, 0.15) is 13.2 Å². The standard InChI is InChI=1S/C23H23NO2/c24-15-7-12-19-13-14-22(25-17-20-8-3-1-4-9-20)23(16-19)26-18-21-10-5-2-6-11-21/h1-14,16H,15,17-18,24H2/b12-7+. The molecule has 3 heteroatoms. The van der Waals surface area contributed by atoms with E-state index in [0.717, 1.165) is 28.2 Å². The molecule has 3 rings (SSSR count). The number of ether oxygens (including phenoxy) is 2. The first-order valence-electron chi connectivity index (χ1n) is 8.69. The molecule has 0 spiro atoms. The molecule has 0 aliphatic rings. The van der Waals surface area contributed by atoms with Crippen LogP contribution in [0, 0.1) is 0 Å². The van der Waals surface area contributed by atoms with Gasteiger partial charge in [-0.2, -0.15) is 0 Å². The molecule has 0 amide bonds. The van der Waals surface area contributed by atoms with Gasteiger partial charge in [-0.15, -0.1) is 0 Å². The van der Waals surface area contributed by atoms with E-state index >= 15 is 0 Å². The van der Waals surface area contributed by atoms with Gasteiger partial charge in [0, 0.05) is 6.54 Å². The third-order valence-electron chi connectivity index (χ3n) is 3.89. The van der Waals surface area contributed by atoms with Crippen molar-refractivity contribution in [3.05, 3.63) is 102 Å². The van der Waals surface area contributed by atoms with E-state index in [2.05, 4.69) is 0 Å². The van der Waals surface area contributed by atoms with Gasteiger partial charge in [-0.3, -0.25) is 0 Å².